The standard InChI is InChI=1S/C21H36Cl2/c1-7-8-16(2)9-11-21(15-18(4)14-20(6)23)12-10-17(3)13-19(5)22/h19-21H,2-4,7-15H2,1,5-6H3. The molecule has 0 nitrogen and oxygen atoms in total. The van der Waals surface area contributed by atoms with Crippen molar-refractivity contribution in [3.63, 3.8) is 0 Å². The van der Waals surface area contributed by atoms with Crippen LogP contribution >= 0.6 is 23.2 Å². The van der Waals surface area contributed by atoms with E-state index in [-0.39, 0.29) is 10.8 Å². The fraction of sp³-hybridized carbons (Fsp3) is 0.714. The third-order valence-electron chi connectivity index (χ3n) is 4.13. The molecule has 0 saturated carbocycles. The summed E-state index contributed by atoms with van der Waals surface area (Å²) < 4.78 is 0. The maximum atomic E-state index is 6.11. The van der Waals surface area contributed by atoms with Gasteiger partial charge in [0.05, 0.1) is 0 Å². The summed E-state index contributed by atoms with van der Waals surface area (Å²) in [5, 5.41) is 0.350. The zero-order chi connectivity index (χ0) is 17.8. The van der Waals surface area contributed by atoms with Crippen molar-refractivity contribution in [2.24, 2.45) is 5.92 Å². The number of allylic oxidation sites excluding steroid dienone is 3. The molecule has 0 aromatic heterocycles. The first-order valence-electron chi connectivity index (χ1n) is 9.02. The Kier molecular flexibility index (Phi) is 13.0. The zero-order valence-corrected chi connectivity index (χ0v) is 17.0. The van der Waals surface area contributed by atoms with E-state index in [1.54, 1.807) is 0 Å². The Morgan fingerprint density at radius 2 is 1.22 bits per heavy atom. The molecule has 0 bridgehead atoms. The van der Waals surface area contributed by atoms with Crippen LogP contribution in [-0.2, 0) is 0 Å². The molecule has 3 unspecified atom stereocenters. The Bertz CT molecular complexity index is 366. The first kappa shape index (κ1) is 22.8. The lowest BCUT2D eigenvalue weighted by Gasteiger charge is -2.20. The summed E-state index contributed by atoms with van der Waals surface area (Å²) in [6.07, 6.45) is 9.76. The van der Waals surface area contributed by atoms with Crippen LogP contribution in [0.3, 0.4) is 0 Å². The Balaban J connectivity index is 4.44. The van der Waals surface area contributed by atoms with Crippen molar-refractivity contribution in [3.05, 3.63) is 36.5 Å². The van der Waals surface area contributed by atoms with Gasteiger partial charge >= 0.3 is 0 Å². The molecule has 23 heavy (non-hydrogen) atoms. The summed E-state index contributed by atoms with van der Waals surface area (Å²) in [4.78, 5) is 0. The molecule has 0 saturated heterocycles. The molecule has 0 aromatic rings. The highest BCUT2D eigenvalue weighted by molar-refractivity contribution is 6.20. The molecular weight excluding hydrogens is 323 g/mol. The monoisotopic (exact) mass is 358 g/mol. The molecular formula is C21H36Cl2. The smallest absolute Gasteiger partial charge is 0.0344 e. The molecule has 3 atom stereocenters. The van der Waals surface area contributed by atoms with Crippen LogP contribution in [0, 0.1) is 5.92 Å². The minimum Gasteiger partial charge on any atom is -0.123 e. The van der Waals surface area contributed by atoms with Crippen molar-refractivity contribution < 1.29 is 0 Å². The third-order valence-corrected chi connectivity index (χ3v) is 4.44. The van der Waals surface area contributed by atoms with Gasteiger partial charge in [-0.05, 0) is 71.1 Å². The highest BCUT2D eigenvalue weighted by atomic mass is 35.5. The molecule has 0 radical (unpaired) electrons. The van der Waals surface area contributed by atoms with Gasteiger partial charge in [0.2, 0.25) is 0 Å². The van der Waals surface area contributed by atoms with E-state index in [1.807, 2.05) is 13.8 Å². The van der Waals surface area contributed by atoms with Crippen LogP contribution in [0.2, 0.25) is 0 Å². The molecule has 2 heteroatoms. The highest BCUT2D eigenvalue weighted by Gasteiger charge is 2.13. The Labute approximate surface area is 155 Å². The van der Waals surface area contributed by atoms with E-state index in [0.29, 0.717) is 5.92 Å². The second kappa shape index (κ2) is 13.1. The van der Waals surface area contributed by atoms with Gasteiger partial charge in [0, 0.05) is 10.8 Å². The van der Waals surface area contributed by atoms with Crippen LogP contribution in [0.1, 0.15) is 78.6 Å². The van der Waals surface area contributed by atoms with Crippen LogP contribution in [0.25, 0.3) is 0 Å². The van der Waals surface area contributed by atoms with Crippen molar-refractivity contribution in [1.82, 2.24) is 0 Å². The van der Waals surface area contributed by atoms with Crippen molar-refractivity contribution in [1.29, 1.82) is 0 Å². The van der Waals surface area contributed by atoms with Crippen LogP contribution in [0.15, 0.2) is 36.5 Å². The van der Waals surface area contributed by atoms with E-state index >= 15 is 0 Å². The molecule has 0 aliphatic heterocycles. The van der Waals surface area contributed by atoms with Crippen molar-refractivity contribution in [2.45, 2.75) is 89.3 Å². The van der Waals surface area contributed by atoms with Gasteiger partial charge in [0.25, 0.3) is 0 Å². The molecule has 0 heterocycles. The zero-order valence-electron chi connectivity index (χ0n) is 15.5. The predicted molar refractivity (Wildman–Crippen MR) is 109 cm³/mol. The van der Waals surface area contributed by atoms with Crippen molar-refractivity contribution in [3.8, 4) is 0 Å². The molecule has 0 spiro atoms. The quantitative estimate of drug-likeness (QED) is 0.217. The second-order valence-electron chi connectivity index (χ2n) is 7.12. The Morgan fingerprint density at radius 1 is 0.739 bits per heavy atom. The first-order valence-corrected chi connectivity index (χ1v) is 9.89. The Morgan fingerprint density at radius 3 is 1.70 bits per heavy atom. The van der Waals surface area contributed by atoms with Crippen molar-refractivity contribution >= 4 is 23.2 Å². The van der Waals surface area contributed by atoms with E-state index in [2.05, 4.69) is 26.7 Å². The lowest BCUT2D eigenvalue weighted by Crippen LogP contribution is -2.06. The highest BCUT2D eigenvalue weighted by Crippen LogP contribution is 2.28. The molecule has 0 aliphatic carbocycles. The normalized spacial score (nSPS) is 15.0. The van der Waals surface area contributed by atoms with Gasteiger partial charge < -0.3 is 0 Å². The summed E-state index contributed by atoms with van der Waals surface area (Å²) in [5.74, 6) is 0.647. The Hall–Kier alpha value is -0.200. The molecule has 0 rings (SSSR count). The van der Waals surface area contributed by atoms with Crippen LogP contribution in [-0.4, -0.2) is 10.8 Å². The predicted octanol–water partition coefficient (Wildman–Crippen LogP) is 8.06. The summed E-state index contributed by atoms with van der Waals surface area (Å²) in [5.41, 5.74) is 3.91. The molecule has 0 amide bonds. The van der Waals surface area contributed by atoms with Gasteiger partial charge in [0.15, 0.2) is 0 Å². The fourth-order valence-corrected chi connectivity index (χ4v) is 3.47. The average Bonchev–Trinajstić information content (AvgIpc) is 2.40. The van der Waals surface area contributed by atoms with Gasteiger partial charge in [-0.25, -0.2) is 0 Å². The SMILES string of the molecule is C=C(CCC)CCC(CCC(=C)CC(C)Cl)CC(=C)CC(C)Cl. The fourth-order valence-electron chi connectivity index (χ4n) is 3.03. The summed E-state index contributed by atoms with van der Waals surface area (Å²) >= 11 is 12.2. The number of hydrogen-bond acceptors (Lipinski definition) is 0. The van der Waals surface area contributed by atoms with E-state index in [1.165, 1.54) is 29.6 Å². The summed E-state index contributed by atoms with van der Waals surface area (Å²) in [6, 6.07) is 0. The van der Waals surface area contributed by atoms with E-state index in [0.717, 1.165) is 44.9 Å². The van der Waals surface area contributed by atoms with E-state index < -0.39 is 0 Å². The van der Waals surface area contributed by atoms with Crippen LogP contribution in [0.4, 0.5) is 0 Å². The van der Waals surface area contributed by atoms with E-state index in [9.17, 15) is 0 Å². The maximum Gasteiger partial charge on any atom is 0.0344 e. The van der Waals surface area contributed by atoms with Gasteiger partial charge in [0.1, 0.15) is 0 Å². The minimum absolute atomic E-state index is 0.172. The topological polar surface area (TPSA) is 0 Å². The lowest BCUT2D eigenvalue weighted by molar-refractivity contribution is 0.436. The maximum absolute atomic E-state index is 6.11. The number of rotatable bonds is 14. The molecule has 0 aromatic carbocycles. The van der Waals surface area contributed by atoms with Crippen LogP contribution in [0.5, 0.6) is 0 Å². The van der Waals surface area contributed by atoms with Gasteiger partial charge in [-0.1, -0.05) is 49.8 Å². The number of hydrogen-bond donors (Lipinski definition) is 0. The number of halogens is 2. The largest absolute Gasteiger partial charge is 0.123 e. The molecule has 0 N–H and O–H groups in total. The molecule has 0 fully saturated rings. The minimum atomic E-state index is 0.172. The van der Waals surface area contributed by atoms with E-state index in [4.69, 9.17) is 23.2 Å². The average molecular weight is 359 g/mol. The number of alkyl halides is 2. The van der Waals surface area contributed by atoms with Crippen molar-refractivity contribution in [2.75, 3.05) is 0 Å². The first-order chi connectivity index (χ1) is 10.7. The van der Waals surface area contributed by atoms with Crippen LogP contribution < -0.4 is 0 Å². The summed E-state index contributed by atoms with van der Waals surface area (Å²) in [7, 11) is 0. The summed E-state index contributed by atoms with van der Waals surface area (Å²) in [6.45, 7) is 18.9. The van der Waals surface area contributed by atoms with Gasteiger partial charge in [-0.2, -0.15) is 0 Å². The lowest BCUT2D eigenvalue weighted by atomic mass is 9.86. The molecule has 0 aliphatic rings. The van der Waals surface area contributed by atoms with Gasteiger partial charge in [-0.3, -0.25) is 0 Å². The third kappa shape index (κ3) is 13.9. The molecule has 134 valence electrons. The second-order valence-corrected chi connectivity index (χ2v) is 8.61. The van der Waals surface area contributed by atoms with Gasteiger partial charge in [-0.15, -0.1) is 23.2 Å².